The Bertz CT molecular complexity index is 733. The smallest absolute Gasteiger partial charge is 0.257 e. The molecule has 3 rings (SSSR count). The number of piperazine rings is 1. The van der Waals surface area contributed by atoms with Gasteiger partial charge in [0.15, 0.2) is 0 Å². The Morgan fingerprint density at radius 2 is 1.83 bits per heavy atom. The van der Waals surface area contributed by atoms with Gasteiger partial charge in [-0.25, -0.2) is 9.37 Å². The quantitative estimate of drug-likeness (QED) is 0.775. The van der Waals surface area contributed by atoms with Gasteiger partial charge < -0.3 is 9.80 Å². The van der Waals surface area contributed by atoms with Crippen LogP contribution >= 0.6 is 23.2 Å². The van der Waals surface area contributed by atoms with Crippen molar-refractivity contribution >= 4 is 34.8 Å². The fraction of sp³-hybridized carbons (Fsp3) is 0.250. The minimum atomic E-state index is -0.553. The summed E-state index contributed by atoms with van der Waals surface area (Å²) in [5.74, 6) is -0.889. The lowest BCUT2D eigenvalue weighted by Gasteiger charge is -2.36. The van der Waals surface area contributed by atoms with Gasteiger partial charge in [0.2, 0.25) is 0 Å². The van der Waals surface area contributed by atoms with E-state index >= 15 is 0 Å². The van der Waals surface area contributed by atoms with E-state index in [0.29, 0.717) is 36.4 Å². The summed E-state index contributed by atoms with van der Waals surface area (Å²) < 4.78 is 13.8. The molecule has 1 fully saturated rings. The van der Waals surface area contributed by atoms with Gasteiger partial charge in [-0.1, -0.05) is 23.2 Å². The van der Waals surface area contributed by atoms with Crippen molar-refractivity contribution in [3.63, 3.8) is 0 Å². The first kappa shape index (κ1) is 16.0. The van der Waals surface area contributed by atoms with E-state index in [0.717, 1.165) is 5.69 Å². The predicted octanol–water partition coefficient (Wildman–Crippen LogP) is 3.49. The number of hydrogen-bond acceptors (Lipinski definition) is 3. The lowest BCUT2D eigenvalue weighted by molar-refractivity contribution is 0.0742. The summed E-state index contributed by atoms with van der Waals surface area (Å²) in [6.45, 7) is 2.30. The number of nitrogens with zero attached hydrogens (tertiary/aromatic N) is 3. The molecule has 0 unspecified atom stereocenters. The van der Waals surface area contributed by atoms with E-state index in [4.69, 9.17) is 23.2 Å². The Kier molecular flexibility index (Phi) is 4.68. The van der Waals surface area contributed by atoms with Crippen LogP contribution in [0.15, 0.2) is 36.5 Å². The van der Waals surface area contributed by atoms with Crippen LogP contribution < -0.4 is 4.90 Å². The van der Waals surface area contributed by atoms with Crippen LogP contribution in [0.3, 0.4) is 0 Å². The van der Waals surface area contributed by atoms with Gasteiger partial charge in [-0.2, -0.15) is 0 Å². The Labute approximate surface area is 143 Å². The van der Waals surface area contributed by atoms with Gasteiger partial charge >= 0.3 is 0 Å². The summed E-state index contributed by atoms with van der Waals surface area (Å²) >= 11 is 11.8. The monoisotopic (exact) mass is 353 g/mol. The summed E-state index contributed by atoms with van der Waals surface area (Å²) in [7, 11) is 0. The van der Waals surface area contributed by atoms with Crippen LogP contribution in [-0.4, -0.2) is 42.0 Å². The van der Waals surface area contributed by atoms with Crippen LogP contribution in [0, 0.1) is 5.82 Å². The number of amides is 1. The average molecular weight is 354 g/mol. The summed E-state index contributed by atoms with van der Waals surface area (Å²) in [6, 6.07) is 7.67. The fourth-order valence-electron chi connectivity index (χ4n) is 2.59. The molecule has 1 aliphatic heterocycles. The zero-order valence-corrected chi connectivity index (χ0v) is 13.7. The molecular formula is C16H14Cl2FN3O. The van der Waals surface area contributed by atoms with Crippen LogP contribution in [-0.2, 0) is 0 Å². The molecule has 0 atom stereocenters. The lowest BCUT2D eigenvalue weighted by Crippen LogP contribution is -2.49. The Balaban J connectivity index is 1.69. The highest BCUT2D eigenvalue weighted by molar-refractivity contribution is 6.31. The highest BCUT2D eigenvalue weighted by atomic mass is 35.5. The van der Waals surface area contributed by atoms with E-state index in [-0.39, 0.29) is 11.5 Å². The van der Waals surface area contributed by atoms with Crippen LogP contribution in [0.2, 0.25) is 10.2 Å². The van der Waals surface area contributed by atoms with E-state index in [1.54, 1.807) is 17.2 Å². The summed E-state index contributed by atoms with van der Waals surface area (Å²) in [4.78, 5) is 20.2. The van der Waals surface area contributed by atoms with Crippen LogP contribution in [0.5, 0.6) is 0 Å². The van der Waals surface area contributed by atoms with Gasteiger partial charge in [0.25, 0.3) is 5.91 Å². The number of halogens is 3. The van der Waals surface area contributed by atoms with Crippen molar-refractivity contribution in [2.45, 2.75) is 0 Å². The molecule has 1 aromatic carbocycles. The average Bonchev–Trinajstić information content (AvgIpc) is 2.56. The van der Waals surface area contributed by atoms with Crippen molar-refractivity contribution in [3.05, 3.63) is 58.1 Å². The maximum atomic E-state index is 13.8. The van der Waals surface area contributed by atoms with E-state index in [9.17, 15) is 9.18 Å². The zero-order valence-electron chi connectivity index (χ0n) is 12.2. The van der Waals surface area contributed by atoms with E-state index in [1.807, 2.05) is 6.07 Å². The molecule has 1 aliphatic rings. The highest BCUT2D eigenvalue weighted by Gasteiger charge is 2.24. The maximum Gasteiger partial charge on any atom is 0.257 e. The molecule has 1 amide bonds. The van der Waals surface area contributed by atoms with E-state index in [2.05, 4.69) is 9.88 Å². The predicted molar refractivity (Wildman–Crippen MR) is 88.8 cm³/mol. The standard InChI is InChI=1S/C16H14Cl2FN3O/c17-11-1-2-14(19)13(9-11)16(23)22-7-5-21(6-8-22)12-3-4-20-15(18)10-12/h1-4,9-10H,5-8H2. The van der Waals surface area contributed by atoms with Gasteiger partial charge in [0, 0.05) is 43.1 Å². The Hall–Kier alpha value is -1.85. The van der Waals surface area contributed by atoms with E-state index < -0.39 is 5.82 Å². The van der Waals surface area contributed by atoms with Crippen LogP contribution in [0.1, 0.15) is 10.4 Å². The molecule has 1 aromatic heterocycles. The molecule has 1 saturated heterocycles. The Morgan fingerprint density at radius 1 is 1.09 bits per heavy atom. The SMILES string of the molecule is O=C(c1cc(Cl)ccc1F)N1CCN(c2ccnc(Cl)c2)CC1. The third-order valence-corrected chi connectivity index (χ3v) is 4.24. The molecule has 0 N–H and O–H groups in total. The van der Waals surface area contributed by atoms with Crippen molar-refractivity contribution in [1.82, 2.24) is 9.88 Å². The number of aromatic nitrogens is 1. The minimum Gasteiger partial charge on any atom is -0.368 e. The molecule has 120 valence electrons. The van der Waals surface area contributed by atoms with Crippen molar-refractivity contribution in [1.29, 1.82) is 0 Å². The molecule has 2 heterocycles. The first-order chi connectivity index (χ1) is 11.0. The number of benzene rings is 1. The fourth-order valence-corrected chi connectivity index (χ4v) is 2.93. The first-order valence-corrected chi connectivity index (χ1v) is 7.91. The molecule has 2 aromatic rings. The number of carbonyl (C=O) groups excluding carboxylic acids is 1. The van der Waals surface area contributed by atoms with Crippen molar-refractivity contribution in [2.24, 2.45) is 0 Å². The Morgan fingerprint density at radius 3 is 2.52 bits per heavy atom. The molecule has 4 nitrogen and oxygen atoms in total. The van der Waals surface area contributed by atoms with Crippen molar-refractivity contribution in [3.8, 4) is 0 Å². The number of anilines is 1. The van der Waals surface area contributed by atoms with Crippen LogP contribution in [0.25, 0.3) is 0 Å². The van der Waals surface area contributed by atoms with Gasteiger partial charge in [-0.05, 0) is 30.3 Å². The molecule has 0 aliphatic carbocycles. The molecular weight excluding hydrogens is 340 g/mol. The van der Waals surface area contributed by atoms with Crippen molar-refractivity contribution < 1.29 is 9.18 Å². The molecule has 0 saturated carbocycles. The number of rotatable bonds is 2. The van der Waals surface area contributed by atoms with Gasteiger partial charge in [0.1, 0.15) is 11.0 Å². The normalized spacial score (nSPS) is 14.9. The number of hydrogen-bond donors (Lipinski definition) is 0. The van der Waals surface area contributed by atoms with Gasteiger partial charge in [0.05, 0.1) is 5.56 Å². The number of pyridine rings is 1. The molecule has 0 bridgehead atoms. The van der Waals surface area contributed by atoms with Crippen molar-refractivity contribution in [2.75, 3.05) is 31.1 Å². The third kappa shape index (κ3) is 3.57. The molecule has 7 heteroatoms. The summed E-state index contributed by atoms with van der Waals surface area (Å²) in [5, 5.41) is 0.779. The van der Waals surface area contributed by atoms with Gasteiger partial charge in [-0.15, -0.1) is 0 Å². The molecule has 0 spiro atoms. The first-order valence-electron chi connectivity index (χ1n) is 7.15. The highest BCUT2D eigenvalue weighted by Crippen LogP contribution is 2.21. The second kappa shape index (κ2) is 6.72. The lowest BCUT2D eigenvalue weighted by atomic mass is 10.1. The molecule has 0 radical (unpaired) electrons. The maximum absolute atomic E-state index is 13.8. The summed E-state index contributed by atoms with van der Waals surface area (Å²) in [5.41, 5.74) is 0.976. The molecule has 23 heavy (non-hydrogen) atoms. The van der Waals surface area contributed by atoms with Gasteiger partial charge in [-0.3, -0.25) is 4.79 Å². The van der Waals surface area contributed by atoms with Crippen LogP contribution in [0.4, 0.5) is 10.1 Å². The number of carbonyl (C=O) groups is 1. The topological polar surface area (TPSA) is 36.4 Å². The summed E-state index contributed by atoms with van der Waals surface area (Å²) in [6.07, 6.45) is 1.65. The third-order valence-electron chi connectivity index (χ3n) is 3.80. The minimum absolute atomic E-state index is 0.0119. The second-order valence-electron chi connectivity index (χ2n) is 5.24. The van der Waals surface area contributed by atoms with E-state index in [1.165, 1.54) is 18.2 Å². The zero-order chi connectivity index (χ0) is 16.4. The second-order valence-corrected chi connectivity index (χ2v) is 6.06. The largest absolute Gasteiger partial charge is 0.368 e.